The lowest BCUT2D eigenvalue weighted by molar-refractivity contribution is 0.297. The van der Waals surface area contributed by atoms with Crippen molar-refractivity contribution in [2.24, 2.45) is 0 Å². The maximum atomic E-state index is 6.26. The van der Waals surface area contributed by atoms with Crippen LogP contribution >= 0.6 is 23.4 Å². The number of hydrogen-bond acceptors (Lipinski definition) is 4. The average molecular weight is 302 g/mol. The van der Waals surface area contributed by atoms with Gasteiger partial charge < -0.3 is 14.8 Å². The fourth-order valence-corrected chi connectivity index (χ4v) is 2.89. The van der Waals surface area contributed by atoms with E-state index in [0.717, 1.165) is 30.0 Å². The summed E-state index contributed by atoms with van der Waals surface area (Å²) in [5, 5.41) is 4.11. The van der Waals surface area contributed by atoms with E-state index in [4.69, 9.17) is 21.1 Å². The van der Waals surface area contributed by atoms with Gasteiger partial charge >= 0.3 is 0 Å². The minimum absolute atomic E-state index is 0.477. The predicted octanol–water partition coefficient (Wildman–Crippen LogP) is 3.34. The number of thioether (sulfide) groups is 1. The Morgan fingerprint density at radius 3 is 2.95 bits per heavy atom. The van der Waals surface area contributed by atoms with Crippen molar-refractivity contribution in [1.29, 1.82) is 0 Å². The fraction of sp³-hybridized carbons (Fsp3) is 0.571. The zero-order valence-corrected chi connectivity index (χ0v) is 12.9. The second-order valence-corrected chi connectivity index (χ2v) is 6.01. The van der Waals surface area contributed by atoms with Crippen LogP contribution in [0.4, 0.5) is 0 Å². The number of fused-ring (bicyclic) bond motifs is 1. The Hall–Kier alpha value is -0.580. The van der Waals surface area contributed by atoms with Crippen molar-refractivity contribution >= 4 is 23.4 Å². The minimum Gasteiger partial charge on any atom is -0.489 e. The van der Waals surface area contributed by atoms with Gasteiger partial charge in [0, 0.05) is 24.8 Å². The van der Waals surface area contributed by atoms with E-state index in [1.165, 1.54) is 0 Å². The molecule has 0 spiro atoms. The predicted molar refractivity (Wildman–Crippen MR) is 81.7 cm³/mol. The number of hydrogen-bond donors (Lipinski definition) is 1. The van der Waals surface area contributed by atoms with E-state index in [2.05, 4.69) is 18.5 Å². The van der Waals surface area contributed by atoms with Crippen LogP contribution in [0.3, 0.4) is 0 Å². The fourth-order valence-electron chi connectivity index (χ4n) is 1.99. The molecular weight excluding hydrogens is 282 g/mol. The monoisotopic (exact) mass is 301 g/mol. The average Bonchev–Trinajstić information content (AvgIpc) is 2.62. The van der Waals surface area contributed by atoms with Crippen LogP contribution in [0.2, 0.25) is 5.02 Å². The van der Waals surface area contributed by atoms with Crippen LogP contribution in [-0.4, -0.2) is 31.3 Å². The third kappa shape index (κ3) is 4.20. The van der Waals surface area contributed by atoms with Gasteiger partial charge in [-0.15, -0.1) is 0 Å². The molecule has 0 saturated heterocycles. The molecule has 1 aromatic rings. The molecule has 0 amide bonds. The number of nitrogens with one attached hydrogen (secondary N) is 1. The van der Waals surface area contributed by atoms with Crippen molar-refractivity contribution in [1.82, 2.24) is 5.32 Å². The van der Waals surface area contributed by atoms with Gasteiger partial charge in [-0.25, -0.2) is 0 Å². The maximum absolute atomic E-state index is 6.26. The Morgan fingerprint density at radius 1 is 1.37 bits per heavy atom. The number of benzene rings is 1. The molecule has 0 aliphatic carbocycles. The topological polar surface area (TPSA) is 30.5 Å². The Bertz CT molecular complexity index is 428. The molecular formula is C14H20ClNO2S. The van der Waals surface area contributed by atoms with E-state index < -0.39 is 0 Å². The van der Waals surface area contributed by atoms with Gasteiger partial charge in [0.2, 0.25) is 0 Å². The van der Waals surface area contributed by atoms with Gasteiger partial charge in [0.1, 0.15) is 0 Å². The van der Waals surface area contributed by atoms with E-state index in [9.17, 15) is 0 Å². The lowest BCUT2D eigenvalue weighted by Gasteiger charge is -2.15. The van der Waals surface area contributed by atoms with E-state index in [0.29, 0.717) is 30.0 Å². The highest BCUT2D eigenvalue weighted by Crippen LogP contribution is 2.37. The van der Waals surface area contributed by atoms with Gasteiger partial charge in [0.25, 0.3) is 0 Å². The molecule has 106 valence electrons. The molecule has 1 heterocycles. The van der Waals surface area contributed by atoms with Gasteiger partial charge in [-0.1, -0.05) is 11.6 Å². The van der Waals surface area contributed by atoms with Crippen molar-refractivity contribution in [3.8, 4) is 11.5 Å². The van der Waals surface area contributed by atoms with Crippen molar-refractivity contribution in [3.05, 3.63) is 22.7 Å². The first-order chi connectivity index (χ1) is 9.20. The van der Waals surface area contributed by atoms with E-state index in [-0.39, 0.29) is 0 Å². The van der Waals surface area contributed by atoms with Crippen LogP contribution < -0.4 is 14.8 Å². The molecule has 1 unspecified atom stereocenters. The number of halogens is 1. The van der Waals surface area contributed by atoms with Crippen molar-refractivity contribution in [2.75, 3.05) is 25.2 Å². The van der Waals surface area contributed by atoms with Crippen molar-refractivity contribution in [3.63, 3.8) is 0 Å². The second-order valence-electron chi connectivity index (χ2n) is 4.69. The normalized spacial score (nSPS) is 15.9. The van der Waals surface area contributed by atoms with Crippen LogP contribution in [-0.2, 0) is 6.54 Å². The minimum atomic E-state index is 0.477. The summed E-state index contributed by atoms with van der Waals surface area (Å²) in [5.41, 5.74) is 1.13. The lowest BCUT2D eigenvalue weighted by Crippen LogP contribution is -2.27. The zero-order valence-electron chi connectivity index (χ0n) is 11.4. The molecule has 0 aromatic heterocycles. The summed E-state index contributed by atoms with van der Waals surface area (Å²) in [6.07, 6.45) is 3.01. The summed E-state index contributed by atoms with van der Waals surface area (Å²) in [6, 6.07) is 4.45. The maximum Gasteiger partial charge on any atom is 0.179 e. The van der Waals surface area contributed by atoms with Crippen LogP contribution in [0.1, 0.15) is 18.9 Å². The van der Waals surface area contributed by atoms with Gasteiger partial charge in [-0.3, -0.25) is 0 Å². The summed E-state index contributed by atoms with van der Waals surface area (Å²) in [7, 11) is 0. The first-order valence-corrected chi connectivity index (χ1v) is 8.28. The van der Waals surface area contributed by atoms with Gasteiger partial charge in [-0.2, -0.15) is 11.8 Å². The second kappa shape index (κ2) is 7.27. The van der Waals surface area contributed by atoms with E-state index in [1.807, 2.05) is 23.9 Å². The summed E-state index contributed by atoms with van der Waals surface area (Å²) in [5.74, 6) is 2.54. The molecule has 0 fully saturated rings. The summed E-state index contributed by atoms with van der Waals surface area (Å²) in [4.78, 5) is 0. The van der Waals surface area contributed by atoms with Crippen molar-refractivity contribution in [2.45, 2.75) is 25.9 Å². The molecule has 1 N–H and O–H groups in total. The summed E-state index contributed by atoms with van der Waals surface area (Å²) in [6.45, 7) is 4.32. The molecule has 0 saturated carbocycles. The first kappa shape index (κ1) is 14.8. The molecule has 2 rings (SSSR count). The Labute approximate surface area is 124 Å². The molecule has 1 aliphatic heterocycles. The van der Waals surface area contributed by atoms with Crippen LogP contribution in [0.5, 0.6) is 11.5 Å². The Kier molecular flexibility index (Phi) is 5.67. The first-order valence-electron chi connectivity index (χ1n) is 6.51. The molecule has 1 aromatic carbocycles. The third-order valence-electron chi connectivity index (χ3n) is 2.93. The third-order valence-corrected chi connectivity index (χ3v) is 4.05. The standard InChI is InChI=1S/C14H20ClNO2S/c1-10(9-19-2)16-8-11-6-12(15)14-13(7-11)17-4-3-5-18-14/h6-7,10,16H,3-5,8-9H2,1-2H3. The molecule has 19 heavy (non-hydrogen) atoms. The highest BCUT2D eigenvalue weighted by atomic mass is 35.5. The van der Waals surface area contributed by atoms with Crippen LogP contribution in [0.25, 0.3) is 0 Å². The summed E-state index contributed by atoms with van der Waals surface area (Å²) >= 11 is 8.10. The largest absolute Gasteiger partial charge is 0.489 e. The molecule has 0 radical (unpaired) electrons. The van der Waals surface area contributed by atoms with E-state index in [1.54, 1.807) is 0 Å². The number of rotatable bonds is 5. The zero-order chi connectivity index (χ0) is 13.7. The highest BCUT2D eigenvalue weighted by molar-refractivity contribution is 7.98. The van der Waals surface area contributed by atoms with Crippen LogP contribution in [0, 0.1) is 0 Å². The quantitative estimate of drug-likeness (QED) is 0.903. The van der Waals surface area contributed by atoms with E-state index >= 15 is 0 Å². The molecule has 3 nitrogen and oxygen atoms in total. The van der Waals surface area contributed by atoms with Gasteiger partial charge in [0.05, 0.1) is 18.2 Å². The number of ether oxygens (including phenoxy) is 2. The summed E-state index contributed by atoms with van der Waals surface area (Å²) < 4.78 is 11.3. The highest BCUT2D eigenvalue weighted by Gasteiger charge is 2.15. The molecule has 1 atom stereocenters. The molecule has 1 aliphatic rings. The molecule has 5 heteroatoms. The Balaban J connectivity index is 2.06. The van der Waals surface area contributed by atoms with Gasteiger partial charge in [0.15, 0.2) is 11.5 Å². The Morgan fingerprint density at radius 2 is 2.16 bits per heavy atom. The lowest BCUT2D eigenvalue weighted by atomic mass is 10.2. The smallest absolute Gasteiger partial charge is 0.179 e. The molecule has 0 bridgehead atoms. The van der Waals surface area contributed by atoms with Gasteiger partial charge in [-0.05, 0) is 30.9 Å². The van der Waals surface area contributed by atoms with Crippen molar-refractivity contribution < 1.29 is 9.47 Å². The SMILES string of the molecule is CSCC(C)NCc1cc(Cl)c2c(c1)OCCCO2. The van der Waals surface area contributed by atoms with Crippen LogP contribution in [0.15, 0.2) is 12.1 Å².